The Morgan fingerprint density at radius 3 is 2.88 bits per heavy atom. The number of carbonyl (C=O) groups is 1. The Morgan fingerprint density at radius 1 is 1.30 bits per heavy atom. The van der Waals surface area contributed by atoms with Crippen LogP contribution >= 0.6 is 0 Å². The molecule has 0 spiro atoms. The fourth-order valence-corrected chi connectivity index (χ4v) is 3.94. The van der Waals surface area contributed by atoms with Crippen molar-refractivity contribution < 1.29 is 14.3 Å². The minimum Gasteiger partial charge on any atom is -0.491 e. The Balaban J connectivity index is 1.60. The number of methoxy groups -OCH3 is 1. The van der Waals surface area contributed by atoms with Crippen molar-refractivity contribution in [1.29, 1.82) is 0 Å². The second-order valence-corrected chi connectivity index (χ2v) is 7.83. The number of aromatic nitrogens is 3. The standard InChI is InChI=1S/C24H27N5O4/c1-3-21(30)29-10-4-5-17(14-29)27-22-20-13-19(24(31)28-23(20)26-15-25-22)16-6-8-18(9-7-16)33-12-11-32-2/h3,6-9,13,15,17H,1,4-5,10-12,14H2,2H3,(H2,25,26,27,28,31). The topological polar surface area (TPSA) is 109 Å². The molecule has 0 bridgehead atoms. The first-order chi connectivity index (χ1) is 16.1. The number of anilines is 1. The highest BCUT2D eigenvalue weighted by molar-refractivity contribution is 5.90. The van der Waals surface area contributed by atoms with Crippen molar-refractivity contribution in [2.45, 2.75) is 18.9 Å². The highest BCUT2D eigenvalue weighted by Gasteiger charge is 2.23. The van der Waals surface area contributed by atoms with Crippen LogP contribution in [0.3, 0.4) is 0 Å². The van der Waals surface area contributed by atoms with E-state index in [4.69, 9.17) is 9.47 Å². The van der Waals surface area contributed by atoms with Gasteiger partial charge in [0.05, 0.1) is 12.0 Å². The fraction of sp³-hybridized carbons (Fsp3) is 0.333. The van der Waals surface area contributed by atoms with E-state index in [9.17, 15) is 9.59 Å². The third-order valence-electron chi connectivity index (χ3n) is 5.62. The van der Waals surface area contributed by atoms with Gasteiger partial charge in [-0.2, -0.15) is 0 Å². The lowest BCUT2D eigenvalue weighted by Crippen LogP contribution is -2.44. The molecule has 1 atom stereocenters. The molecule has 0 saturated carbocycles. The number of pyridine rings is 1. The summed E-state index contributed by atoms with van der Waals surface area (Å²) in [5, 5.41) is 4.14. The Bertz CT molecular complexity index is 1190. The van der Waals surface area contributed by atoms with Crippen LogP contribution in [0.4, 0.5) is 5.82 Å². The number of fused-ring (bicyclic) bond motifs is 1. The van der Waals surface area contributed by atoms with E-state index in [2.05, 4.69) is 26.8 Å². The average Bonchev–Trinajstić information content (AvgIpc) is 2.84. The largest absolute Gasteiger partial charge is 0.491 e. The van der Waals surface area contributed by atoms with Gasteiger partial charge in [-0.1, -0.05) is 18.7 Å². The highest BCUT2D eigenvalue weighted by atomic mass is 16.5. The van der Waals surface area contributed by atoms with Crippen LogP contribution in [-0.2, 0) is 9.53 Å². The molecule has 1 aromatic carbocycles. The van der Waals surface area contributed by atoms with Gasteiger partial charge in [0, 0.05) is 31.8 Å². The molecule has 1 fully saturated rings. The van der Waals surface area contributed by atoms with E-state index in [0.29, 0.717) is 47.9 Å². The summed E-state index contributed by atoms with van der Waals surface area (Å²) in [6.45, 7) is 5.82. The zero-order valence-electron chi connectivity index (χ0n) is 18.5. The number of aromatic amines is 1. The molecule has 1 saturated heterocycles. The minimum absolute atomic E-state index is 0.0414. The molecule has 2 N–H and O–H groups in total. The Hall–Kier alpha value is -3.72. The van der Waals surface area contributed by atoms with E-state index in [1.165, 1.54) is 12.4 Å². The number of amides is 1. The van der Waals surface area contributed by atoms with Crippen molar-refractivity contribution in [2.75, 3.05) is 38.7 Å². The van der Waals surface area contributed by atoms with Gasteiger partial charge in [-0.15, -0.1) is 0 Å². The molecule has 3 heterocycles. The van der Waals surface area contributed by atoms with Gasteiger partial charge >= 0.3 is 0 Å². The summed E-state index contributed by atoms with van der Waals surface area (Å²) in [6.07, 6.45) is 4.56. The molecular formula is C24H27N5O4. The maximum Gasteiger partial charge on any atom is 0.257 e. The second-order valence-electron chi connectivity index (χ2n) is 7.83. The number of carbonyl (C=O) groups excluding carboxylic acids is 1. The molecule has 1 aliphatic rings. The maximum absolute atomic E-state index is 12.7. The first-order valence-electron chi connectivity index (χ1n) is 10.9. The van der Waals surface area contributed by atoms with Gasteiger partial charge in [-0.3, -0.25) is 9.59 Å². The Labute approximate surface area is 191 Å². The summed E-state index contributed by atoms with van der Waals surface area (Å²) >= 11 is 0. The van der Waals surface area contributed by atoms with Crippen LogP contribution in [0.15, 0.2) is 54.1 Å². The highest BCUT2D eigenvalue weighted by Crippen LogP contribution is 2.26. The smallest absolute Gasteiger partial charge is 0.257 e. The van der Waals surface area contributed by atoms with E-state index < -0.39 is 0 Å². The first kappa shape index (κ1) is 22.5. The predicted molar refractivity (Wildman–Crippen MR) is 126 cm³/mol. The minimum atomic E-state index is -0.236. The van der Waals surface area contributed by atoms with Crippen molar-refractivity contribution in [2.24, 2.45) is 0 Å². The monoisotopic (exact) mass is 449 g/mol. The maximum atomic E-state index is 12.7. The zero-order valence-corrected chi connectivity index (χ0v) is 18.5. The van der Waals surface area contributed by atoms with E-state index >= 15 is 0 Å². The van der Waals surface area contributed by atoms with Gasteiger partial charge in [-0.25, -0.2) is 9.97 Å². The van der Waals surface area contributed by atoms with Crippen LogP contribution in [0.1, 0.15) is 12.8 Å². The molecular weight excluding hydrogens is 422 g/mol. The lowest BCUT2D eigenvalue weighted by molar-refractivity contribution is -0.127. The molecule has 2 aromatic heterocycles. The van der Waals surface area contributed by atoms with E-state index in [1.54, 1.807) is 18.1 Å². The van der Waals surface area contributed by atoms with Crippen LogP contribution in [-0.4, -0.2) is 65.2 Å². The molecule has 4 rings (SSSR count). The van der Waals surface area contributed by atoms with Crippen molar-refractivity contribution in [3.63, 3.8) is 0 Å². The van der Waals surface area contributed by atoms with Crippen LogP contribution in [0.5, 0.6) is 5.75 Å². The summed E-state index contributed by atoms with van der Waals surface area (Å²) in [7, 11) is 1.62. The van der Waals surface area contributed by atoms with Crippen molar-refractivity contribution in [3.05, 3.63) is 59.7 Å². The molecule has 1 amide bonds. The molecule has 1 aliphatic heterocycles. The van der Waals surface area contributed by atoms with Gasteiger partial charge < -0.3 is 24.7 Å². The lowest BCUT2D eigenvalue weighted by Gasteiger charge is -2.33. The molecule has 9 heteroatoms. The normalized spacial score (nSPS) is 15.9. The zero-order chi connectivity index (χ0) is 23.2. The average molecular weight is 450 g/mol. The number of piperidine rings is 1. The molecule has 1 unspecified atom stereocenters. The van der Waals surface area contributed by atoms with Crippen molar-refractivity contribution in [3.8, 4) is 16.9 Å². The molecule has 172 valence electrons. The molecule has 3 aromatic rings. The summed E-state index contributed by atoms with van der Waals surface area (Å²) < 4.78 is 10.6. The lowest BCUT2D eigenvalue weighted by atomic mass is 10.0. The van der Waals surface area contributed by atoms with E-state index in [1.807, 2.05) is 24.3 Å². The number of hydrogen-bond donors (Lipinski definition) is 2. The first-order valence-corrected chi connectivity index (χ1v) is 10.9. The summed E-state index contributed by atoms with van der Waals surface area (Å²) in [5.41, 5.74) is 1.49. The quantitative estimate of drug-likeness (QED) is 0.402. The van der Waals surface area contributed by atoms with Crippen LogP contribution in [0.25, 0.3) is 22.2 Å². The van der Waals surface area contributed by atoms with Crippen LogP contribution in [0.2, 0.25) is 0 Å². The molecule has 0 aliphatic carbocycles. The molecule has 9 nitrogen and oxygen atoms in total. The number of nitrogens with zero attached hydrogens (tertiary/aromatic N) is 3. The van der Waals surface area contributed by atoms with Crippen molar-refractivity contribution in [1.82, 2.24) is 19.9 Å². The number of H-pyrrole nitrogens is 1. The number of rotatable bonds is 8. The number of ether oxygens (including phenoxy) is 2. The van der Waals surface area contributed by atoms with Crippen molar-refractivity contribution >= 4 is 22.8 Å². The Morgan fingerprint density at radius 2 is 2.12 bits per heavy atom. The second kappa shape index (κ2) is 10.3. The third kappa shape index (κ3) is 5.20. The molecule has 33 heavy (non-hydrogen) atoms. The summed E-state index contributed by atoms with van der Waals surface area (Å²) in [6, 6.07) is 9.17. The number of benzene rings is 1. The fourth-order valence-electron chi connectivity index (χ4n) is 3.94. The van der Waals surface area contributed by atoms with Gasteiger partial charge in [-0.05, 0) is 42.7 Å². The van der Waals surface area contributed by atoms with Gasteiger partial charge in [0.2, 0.25) is 5.91 Å². The van der Waals surface area contributed by atoms with Crippen LogP contribution < -0.4 is 15.6 Å². The summed E-state index contributed by atoms with van der Waals surface area (Å²) in [4.78, 5) is 38.0. The number of nitrogens with one attached hydrogen (secondary N) is 2. The third-order valence-corrected chi connectivity index (χ3v) is 5.62. The molecule has 0 radical (unpaired) electrons. The number of hydrogen-bond acceptors (Lipinski definition) is 7. The van der Waals surface area contributed by atoms with Crippen LogP contribution in [0, 0.1) is 0 Å². The van der Waals surface area contributed by atoms with Gasteiger partial charge in [0.1, 0.15) is 30.1 Å². The number of likely N-dealkylation sites (tertiary alicyclic amines) is 1. The predicted octanol–water partition coefficient (Wildman–Crippen LogP) is 2.60. The van der Waals surface area contributed by atoms with E-state index in [0.717, 1.165) is 24.9 Å². The summed E-state index contributed by atoms with van der Waals surface area (Å²) in [5.74, 6) is 1.25. The van der Waals surface area contributed by atoms with E-state index in [-0.39, 0.29) is 17.5 Å². The Kier molecular flexibility index (Phi) is 6.99. The SMILES string of the molecule is C=CC(=O)N1CCCC(Nc2ncnc3[nH]c(=O)c(-c4ccc(OCCOC)cc4)cc23)C1. The van der Waals surface area contributed by atoms with Gasteiger partial charge in [0.15, 0.2) is 0 Å². The van der Waals surface area contributed by atoms with Gasteiger partial charge in [0.25, 0.3) is 5.56 Å².